The third-order valence-electron chi connectivity index (χ3n) is 3.31. The highest BCUT2D eigenvalue weighted by Crippen LogP contribution is 2.18. The largest absolute Gasteiger partial charge is 0.403 e. The lowest BCUT2D eigenvalue weighted by Crippen LogP contribution is -2.01. The van der Waals surface area contributed by atoms with Gasteiger partial charge in [-0.1, -0.05) is 53.6 Å². The Morgan fingerprint density at radius 3 is 2.30 bits per heavy atom. The summed E-state index contributed by atoms with van der Waals surface area (Å²) in [4.78, 5) is 16.1. The fourth-order valence-corrected chi connectivity index (χ4v) is 2.18. The Kier molecular flexibility index (Phi) is 4.40. The number of cyclic esters (lactones) is 1. The molecule has 0 aromatic heterocycles. The average Bonchev–Trinajstić information content (AvgIpc) is 2.89. The minimum absolute atomic E-state index is 0.274. The van der Waals surface area contributed by atoms with Gasteiger partial charge in [0, 0.05) is 11.1 Å². The van der Waals surface area contributed by atoms with Crippen molar-refractivity contribution in [3.63, 3.8) is 0 Å². The van der Waals surface area contributed by atoms with Crippen LogP contribution in [0.15, 0.2) is 65.3 Å². The van der Waals surface area contributed by atoms with Crippen LogP contribution in [0.2, 0.25) is 5.02 Å². The van der Waals surface area contributed by atoms with Crippen molar-refractivity contribution >= 4 is 35.6 Å². The number of carbonyl (C=O) groups excluding carboxylic acids is 1. The van der Waals surface area contributed by atoms with Gasteiger partial charge in [-0.3, -0.25) is 0 Å². The lowest BCUT2D eigenvalue weighted by molar-refractivity contribution is -0.129. The molecule has 0 saturated heterocycles. The van der Waals surface area contributed by atoms with Crippen LogP contribution >= 0.6 is 11.6 Å². The van der Waals surface area contributed by atoms with Crippen molar-refractivity contribution in [2.45, 2.75) is 6.92 Å². The molecule has 1 aliphatic heterocycles. The molecule has 2 aromatic rings. The zero-order valence-electron chi connectivity index (χ0n) is 12.5. The van der Waals surface area contributed by atoms with E-state index < -0.39 is 5.97 Å². The van der Waals surface area contributed by atoms with Gasteiger partial charge in [-0.25, -0.2) is 9.79 Å². The molecule has 0 N–H and O–H groups in total. The molecular weight excluding hydrogens is 310 g/mol. The van der Waals surface area contributed by atoms with E-state index in [0.717, 1.165) is 11.1 Å². The Labute approximate surface area is 139 Å². The zero-order valence-corrected chi connectivity index (χ0v) is 13.2. The third kappa shape index (κ3) is 3.96. The van der Waals surface area contributed by atoms with Crippen LogP contribution in [-0.4, -0.2) is 11.9 Å². The Hall–Kier alpha value is -2.65. The van der Waals surface area contributed by atoms with Gasteiger partial charge in [0.1, 0.15) is 0 Å². The van der Waals surface area contributed by atoms with E-state index >= 15 is 0 Å². The molecule has 1 heterocycles. The molecule has 0 bridgehead atoms. The lowest BCUT2D eigenvalue weighted by Gasteiger charge is -1.95. The number of benzene rings is 2. The topological polar surface area (TPSA) is 38.7 Å². The fourth-order valence-electron chi connectivity index (χ4n) is 2.06. The summed E-state index contributed by atoms with van der Waals surface area (Å²) in [7, 11) is 0. The van der Waals surface area contributed by atoms with Gasteiger partial charge < -0.3 is 4.74 Å². The van der Waals surface area contributed by atoms with Crippen LogP contribution in [0.4, 0.5) is 0 Å². The second kappa shape index (κ2) is 6.63. The van der Waals surface area contributed by atoms with Gasteiger partial charge in [0.05, 0.1) is 0 Å². The molecule has 3 nitrogen and oxygen atoms in total. The molecule has 4 heteroatoms. The van der Waals surface area contributed by atoms with E-state index in [9.17, 15) is 4.79 Å². The maximum Gasteiger partial charge on any atom is 0.363 e. The number of esters is 1. The molecule has 2 aromatic carbocycles. The maximum absolute atomic E-state index is 11.8. The molecule has 0 atom stereocenters. The fraction of sp³-hybridized carbons (Fsp3) is 0.0526. The number of carbonyl (C=O) groups is 1. The Bertz CT molecular complexity index is 815. The second-order valence-corrected chi connectivity index (χ2v) is 5.60. The molecule has 23 heavy (non-hydrogen) atoms. The predicted octanol–water partition coefficient (Wildman–Crippen LogP) is 4.66. The SMILES string of the molecule is Cc1ccc(/C=C/C2=NC(=C/c3ccc(Cl)cc3)/C(=O)O2)cc1. The van der Waals surface area contributed by atoms with Crippen LogP contribution in [0, 0.1) is 6.92 Å². The van der Waals surface area contributed by atoms with Crippen molar-refractivity contribution in [3.05, 3.63) is 82.0 Å². The first-order chi connectivity index (χ1) is 11.1. The Morgan fingerprint density at radius 1 is 0.957 bits per heavy atom. The smallest absolute Gasteiger partial charge is 0.363 e. The van der Waals surface area contributed by atoms with Crippen molar-refractivity contribution in [1.82, 2.24) is 0 Å². The highest BCUT2D eigenvalue weighted by molar-refractivity contribution is 6.30. The van der Waals surface area contributed by atoms with E-state index in [1.807, 2.05) is 49.4 Å². The van der Waals surface area contributed by atoms with E-state index in [1.165, 1.54) is 5.56 Å². The van der Waals surface area contributed by atoms with E-state index in [4.69, 9.17) is 16.3 Å². The van der Waals surface area contributed by atoms with E-state index in [-0.39, 0.29) is 11.6 Å². The number of nitrogens with zero attached hydrogens (tertiary/aromatic N) is 1. The van der Waals surface area contributed by atoms with E-state index in [2.05, 4.69) is 4.99 Å². The first-order valence-corrected chi connectivity index (χ1v) is 7.51. The first kappa shape index (κ1) is 15.3. The first-order valence-electron chi connectivity index (χ1n) is 7.13. The van der Waals surface area contributed by atoms with Crippen LogP contribution in [0.5, 0.6) is 0 Å². The summed E-state index contributed by atoms with van der Waals surface area (Å²) in [6.07, 6.45) is 5.22. The van der Waals surface area contributed by atoms with Gasteiger partial charge in [-0.15, -0.1) is 0 Å². The minimum Gasteiger partial charge on any atom is -0.403 e. The molecule has 114 valence electrons. The molecule has 0 radical (unpaired) electrons. The predicted molar refractivity (Wildman–Crippen MR) is 93.2 cm³/mol. The van der Waals surface area contributed by atoms with Gasteiger partial charge >= 0.3 is 5.97 Å². The molecule has 0 unspecified atom stereocenters. The normalized spacial score (nSPS) is 16.0. The molecular formula is C19H14ClNO2. The highest BCUT2D eigenvalue weighted by Gasteiger charge is 2.20. The lowest BCUT2D eigenvalue weighted by atomic mass is 10.1. The van der Waals surface area contributed by atoms with E-state index in [1.54, 1.807) is 24.3 Å². The molecule has 0 aliphatic carbocycles. The van der Waals surface area contributed by atoms with Crippen LogP contribution in [0.1, 0.15) is 16.7 Å². The van der Waals surface area contributed by atoms with Gasteiger partial charge in [0.25, 0.3) is 0 Å². The molecule has 0 saturated carbocycles. The monoisotopic (exact) mass is 323 g/mol. The summed E-state index contributed by atoms with van der Waals surface area (Å²) in [5.74, 6) is -0.167. The van der Waals surface area contributed by atoms with Crippen LogP contribution in [0.25, 0.3) is 12.2 Å². The van der Waals surface area contributed by atoms with Crippen LogP contribution in [0.3, 0.4) is 0 Å². The van der Waals surface area contributed by atoms with Crippen LogP contribution in [-0.2, 0) is 9.53 Å². The number of aryl methyl sites for hydroxylation is 1. The van der Waals surface area contributed by atoms with Crippen LogP contribution < -0.4 is 0 Å². The van der Waals surface area contributed by atoms with Crippen molar-refractivity contribution in [1.29, 1.82) is 0 Å². The zero-order chi connectivity index (χ0) is 16.2. The van der Waals surface area contributed by atoms with Gasteiger partial charge in [0.2, 0.25) is 5.90 Å². The molecule has 3 rings (SSSR count). The van der Waals surface area contributed by atoms with Crippen molar-refractivity contribution in [2.24, 2.45) is 4.99 Å². The van der Waals surface area contributed by atoms with Crippen molar-refractivity contribution in [2.75, 3.05) is 0 Å². The Balaban J connectivity index is 1.78. The molecule has 1 aliphatic rings. The number of hydrogen-bond acceptors (Lipinski definition) is 3. The van der Waals surface area contributed by atoms with Gasteiger partial charge in [-0.05, 0) is 42.3 Å². The second-order valence-electron chi connectivity index (χ2n) is 5.16. The standard InChI is InChI=1S/C19H14ClNO2/c1-13-2-4-14(5-3-13)8-11-18-21-17(19(22)23-18)12-15-6-9-16(20)10-7-15/h2-12H,1H3/b11-8+,17-12+. The number of halogens is 1. The maximum atomic E-state index is 11.8. The highest BCUT2D eigenvalue weighted by atomic mass is 35.5. The molecule has 0 spiro atoms. The third-order valence-corrected chi connectivity index (χ3v) is 3.56. The number of rotatable bonds is 3. The van der Waals surface area contributed by atoms with Gasteiger partial charge in [0.15, 0.2) is 5.70 Å². The summed E-state index contributed by atoms with van der Waals surface area (Å²) < 4.78 is 5.15. The minimum atomic E-state index is -0.455. The number of ether oxygens (including phenoxy) is 1. The average molecular weight is 324 g/mol. The summed E-state index contributed by atoms with van der Waals surface area (Å²) in [6.45, 7) is 2.03. The number of hydrogen-bond donors (Lipinski definition) is 0. The number of aliphatic imine (C=N–C) groups is 1. The van der Waals surface area contributed by atoms with Gasteiger partial charge in [-0.2, -0.15) is 0 Å². The summed E-state index contributed by atoms with van der Waals surface area (Å²) >= 11 is 5.84. The summed E-state index contributed by atoms with van der Waals surface area (Å²) in [6, 6.07) is 15.2. The molecule has 0 fully saturated rings. The summed E-state index contributed by atoms with van der Waals surface area (Å²) in [5.41, 5.74) is 3.33. The molecule has 0 amide bonds. The van der Waals surface area contributed by atoms with E-state index in [0.29, 0.717) is 5.02 Å². The summed E-state index contributed by atoms with van der Waals surface area (Å²) in [5, 5.41) is 0.645. The quantitative estimate of drug-likeness (QED) is 0.608. The Morgan fingerprint density at radius 2 is 1.61 bits per heavy atom. The van der Waals surface area contributed by atoms with Crippen molar-refractivity contribution in [3.8, 4) is 0 Å². The van der Waals surface area contributed by atoms with Crippen molar-refractivity contribution < 1.29 is 9.53 Å².